The fraction of sp³-hybridized carbons (Fsp3) is 0.318. The number of piperazine rings is 1. The first-order valence-corrected chi connectivity index (χ1v) is 9.91. The van der Waals surface area contributed by atoms with Crippen molar-refractivity contribution in [3.63, 3.8) is 0 Å². The lowest BCUT2D eigenvalue weighted by Crippen LogP contribution is -2.47. The van der Waals surface area contributed by atoms with E-state index in [0.29, 0.717) is 22.8 Å². The maximum atomic E-state index is 13.5. The number of rotatable bonds is 5. The predicted octanol–water partition coefficient (Wildman–Crippen LogP) is 3.17. The number of carbonyl (C=O) groups excluding carboxylic acids is 1. The molecule has 30 heavy (non-hydrogen) atoms. The molecule has 1 atom stereocenters. The summed E-state index contributed by atoms with van der Waals surface area (Å²) in [5.41, 5.74) is 8.17. The second-order valence-corrected chi connectivity index (χ2v) is 7.53. The van der Waals surface area contributed by atoms with Gasteiger partial charge in [-0.1, -0.05) is 5.16 Å². The molecule has 1 amide bonds. The molecule has 0 aliphatic carbocycles. The van der Waals surface area contributed by atoms with Gasteiger partial charge in [-0.2, -0.15) is 4.98 Å². The summed E-state index contributed by atoms with van der Waals surface area (Å²) >= 11 is 0. The quantitative estimate of drug-likeness (QED) is 0.696. The first-order chi connectivity index (χ1) is 14.4. The van der Waals surface area contributed by atoms with Crippen LogP contribution < -0.4 is 10.6 Å². The van der Waals surface area contributed by atoms with E-state index in [-0.39, 0.29) is 11.9 Å². The molecule has 0 bridgehead atoms. The molecule has 0 spiro atoms. The number of anilines is 1. The van der Waals surface area contributed by atoms with E-state index < -0.39 is 5.91 Å². The van der Waals surface area contributed by atoms with Gasteiger partial charge in [-0.25, -0.2) is 4.39 Å². The van der Waals surface area contributed by atoms with E-state index >= 15 is 0 Å². The number of hydrogen-bond donors (Lipinski definition) is 1. The zero-order valence-electron chi connectivity index (χ0n) is 17.0. The summed E-state index contributed by atoms with van der Waals surface area (Å²) in [6.45, 7) is 7.13. The molecule has 1 fully saturated rings. The third kappa shape index (κ3) is 4.04. The van der Waals surface area contributed by atoms with Crippen molar-refractivity contribution in [3.05, 3.63) is 65.3 Å². The average Bonchev–Trinajstić information content (AvgIpc) is 3.25. The van der Waals surface area contributed by atoms with Crippen molar-refractivity contribution >= 4 is 11.6 Å². The van der Waals surface area contributed by atoms with Crippen LogP contribution in [0.2, 0.25) is 0 Å². The standard InChI is InChI=1S/C22H24FN5O2/c1-14-13-17(5-8-19(14)23)21-25-22(30-26-21)15(2)27-9-11-28(12-10-27)18-6-3-16(4-7-18)20(24)29/h3-8,13,15H,9-12H2,1-2H3,(H2,24,29). The van der Waals surface area contributed by atoms with Gasteiger partial charge in [0.25, 0.3) is 0 Å². The molecule has 1 aliphatic rings. The first kappa shape index (κ1) is 20.0. The van der Waals surface area contributed by atoms with E-state index in [1.54, 1.807) is 31.2 Å². The van der Waals surface area contributed by atoms with Gasteiger partial charge >= 0.3 is 0 Å². The summed E-state index contributed by atoms with van der Waals surface area (Å²) in [5.74, 6) is 0.340. The van der Waals surface area contributed by atoms with Crippen LogP contribution in [0.4, 0.5) is 10.1 Å². The number of aromatic nitrogens is 2. The van der Waals surface area contributed by atoms with Gasteiger partial charge in [0.1, 0.15) is 5.82 Å². The fourth-order valence-corrected chi connectivity index (χ4v) is 3.67. The second kappa shape index (κ2) is 8.23. The van der Waals surface area contributed by atoms with Crippen LogP contribution in [0, 0.1) is 12.7 Å². The number of primary amides is 1. The molecule has 0 saturated carbocycles. The number of halogens is 1. The lowest BCUT2D eigenvalue weighted by molar-refractivity contribution is 0.100. The monoisotopic (exact) mass is 409 g/mol. The van der Waals surface area contributed by atoms with Crippen molar-refractivity contribution in [2.75, 3.05) is 31.1 Å². The zero-order chi connectivity index (χ0) is 21.3. The molecule has 2 aromatic carbocycles. The molecule has 1 aliphatic heterocycles. The Morgan fingerprint density at radius 1 is 1.13 bits per heavy atom. The van der Waals surface area contributed by atoms with Gasteiger partial charge in [-0.15, -0.1) is 0 Å². The van der Waals surface area contributed by atoms with Crippen LogP contribution in [-0.2, 0) is 0 Å². The molecule has 156 valence electrons. The topological polar surface area (TPSA) is 88.5 Å². The summed E-state index contributed by atoms with van der Waals surface area (Å²) < 4.78 is 19.0. The van der Waals surface area contributed by atoms with Crippen LogP contribution >= 0.6 is 0 Å². The average molecular weight is 409 g/mol. The largest absolute Gasteiger partial charge is 0.369 e. The van der Waals surface area contributed by atoms with Gasteiger partial charge in [-0.05, 0) is 61.9 Å². The van der Waals surface area contributed by atoms with Crippen molar-refractivity contribution in [2.24, 2.45) is 5.73 Å². The highest BCUT2D eigenvalue weighted by Crippen LogP contribution is 2.26. The molecule has 3 aromatic rings. The SMILES string of the molecule is Cc1cc(-c2noc(C(C)N3CCN(c4ccc(C(N)=O)cc4)CC3)n2)ccc1F. The minimum absolute atomic E-state index is 0.0211. The van der Waals surface area contributed by atoms with Crippen molar-refractivity contribution < 1.29 is 13.7 Å². The number of benzene rings is 2. The molecular weight excluding hydrogens is 385 g/mol. The Bertz CT molecular complexity index is 1040. The molecule has 8 heteroatoms. The van der Waals surface area contributed by atoms with Gasteiger partial charge in [-0.3, -0.25) is 9.69 Å². The predicted molar refractivity (Wildman–Crippen MR) is 112 cm³/mol. The summed E-state index contributed by atoms with van der Waals surface area (Å²) in [6.07, 6.45) is 0. The molecule has 1 aromatic heterocycles. The maximum absolute atomic E-state index is 13.5. The van der Waals surface area contributed by atoms with Crippen LogP contribution in [0.15, 0.2) is 47.0 Å². The van der Waals surface area contributed by atoms with Crippen LogP contribution in [0.5, 0.6) is 0 Å². The van der Waals surface area contributed by atoms with Gasteiger partial charge in [0.15, 0.2) is 0 Å². The Hall–Kier alpha value is -3.26. The van der Waals surface area contributed by atoms with Crippen molar-refractivity contribution in [3.8, 4) is 11.4 Å². The van der Waals surface area contributed by atoms with Crippen molar-refractivity contribution in [1.82, 2.24) is 15.0 Å². The molecule has 2 N–H and O–H groups in total. The van der Waals surface area contributed by atoms with Crippen molar-refractivity contribution in [2.45, 2.75) is 19.9 Å². The third-order valence-corrected chi connectivity index (χ3v) is 5.59. The number of nitrogens with zero attached hydrogens (tertiary/aromatic N) is 4. The first-order valence-electron chi connectivity index (χ1n) is 9.91. The summed E-state index contributed by atoms with van der Waals surface area (Å²) in [4.78, 5) is 20.3. The zero-order valence-corrected chi connectivity index (χ0v) is 17.0. The Morgan fingerprint density at radius 2 is 1.83 bits per heavy atom. The molecule has 4 rings (SSSR count). The van der Waals surface area contributed by atoms with E-state index in [4.69, 9.17) is 10.3 Å². The maximum Gasteiger partial charge on any atom is 0.248 e. The summed E-state index contributed by atoms with van der Waals surface area (Å²) in [5, 5.41) is 4.07. The Kier molecular flexibility index (Phi) is 5.50. The van der Waals surface area contributed by atoms with Gasteiger partial charge in [0, 0.05) is 43.0 Å². The van der Waals surface area contributed by atoms with E-state index in [1.807, 2.05) is 19.1 Å². The Morgan fingerprint density at radius 3 is 2.47 bits per heavy atom. The molecule has 2 heterocycles. The number of hydrogen-bond acceptors (Lipinski definition) is 6. The molecular formula is C22H24FN5O2. The second-order valence-electron chi connectivity index (χ2n) is 7.53. The Labute approximate surface area is 174 Å². The number of nitrogens with two attached hydrogens (primary N) is 1. The highest BCUT2D eigenvalue weighted by molar-refractivity contribution is 5.93. The van der Waals surface area contributed by atoms with Crippen LogP contribution in [0.3, 0.4) is 0 Å². The van der Waals surface area contributed by atoms with Crippen LogP contribution in [-0.4, -0.2) is 47.1 Å². The van der Waals surface area contributed by atoms with Gasteiger partial charge < -0.3 is 15.2 Å². The summed E-state index contributed by atoms with van der Waals surface area (Å²) in [7, 11) is 0. The number of amides is 1. The van der Waals surface area contributed by atoms with Crippen LogP contribution in [0.1, 0.15) is 34.8 Å². The smallest absolute Gasteiger partial charge is 0.248 e. The third-order valence-electron chi connectivity index (χ3n) is 5.59. The lowest BCUT2D eigenvalue weighted by atomic mass is 10.1. The highest BCUT2D eigenvalue weighted by atomic mass is 19.1. The number of carbonyl (C=O) groups is 1. The Balaban J connectivity index is 1.39. The lowest BCUT2D eigenvalue weighted by Gasteiger charge is -2.38. The molecule has 7 nitrogen and oxygen atoms in total. The van der Waals surface area contributed by atoms with E-state index in [2.05, 4.69) is 19.9 Å². The van der Waals surface area contributed by atoms with Crippen LogP contribution in [0.25, 0.3) is 11.4 Å². The van der Waals surface area contributed by atoms with E-state index in [0.717, 1.165) is 37.4 Å². The molecule has 1 unspecified atom stereocenters. The minimum atomic E-state index is -0.421. The minimum Gasteiger partial charge on any atom is -0.369 e. The highest BCUT2D eigenvalue weighted by Gasteiger charge is 2.26. The van der Waals surface area contributed by atoms with Crippen molar-refractivity contribution in [1.29, 1.82) is 0 Å². The van der Waals surface area contributed by atoms with Gasteiger partial charge in [0.2, 0.25) is 17.6 Å². The molecule has 1 saturated heterocycles. The molecule has 0 radical (unpaired) electrons. The van der Waals surface area contributed by atoms with E-state index in [9.17, 15) is 9.18 Å². The fourth-order valence-electron chi connectivity index (χ4n) is 3.67. The van der Waals surface area contributed by atoms with E-state index in [1.165, 1.54) is 6.07 Å². The normalized spacial score (nSPS) is 15.9. The number of aryl methyl sites for hydroxylation is 1. The van der Waals surface area contributed by atoms with Gasteiger partial charge in [0.05, 0.1) is 6.04 Å². The summed E-state index contributed by atoms with van der Waals surface area (Å²) in [6, 6.07) is 12.1.